The second-order valence-electron chi connectivity index (χ2n) is 7.03. The first-order valence-corrected chi connectivity index (χ1v) is 8.98. The molecule has 1 aromatic rings. The summed E-state index contributed by atoms with van der Waals surface area (Å²) >= 11 is 0. The van der Waals surface area contributed by atoms with Gasteiger partial charge in [0.25, 0.3) is 0 Å². The summed E-state index contributed by atoms with van der Waals surface area (Å²) in [4.78, 5) is 2.54. The van der Waals surface area contributed by atoms with Crippen LogP contribution in [-0.2, 0) is 0 Å². The molecule has 2 nitrogen and oxygen atoms in total. The molecule has 1 N–H and O–H groups in total. The Morgan fingerprint density at radius 3 is 2.45 bits per heavy atom. The zero-order chi connectivity index (χ0) is 15.4. The molecule has 0 radical (unpaired) electrons. The smallest absolute Gasteiger partial charge is 0.123 e. The first kappa shape index (κ1) is 15.9. The van der Waals surface area contributed by atoms with Crippen LogP contribution in [0.5, 0.6) is 0 Å². The van der Waals surface area contributed by atoms with Gasteiger partial charge < -0.3 is 10.2 Å². The Morgan fingerprint density at radius 1 is 1.05 bits per heavy atom. The van der Waals surface area contributed by atoms with Gasteiger partial charge in [-0.25, -0.2) is 4.39 Å². The topological polar surface area (TPSA) is 15.3 Å². The fourth-order valence-electron chi connectivity index (χ4n) is 4.15. The van der Waals surface area contributed by atoms with E-state index in [0.717, 1.165) is 19.6 Å². The molecule has 0 bridgehead atoms. The molecule has 1 saturated carbocycles. The van der Waals surface area contributed by atoms with Crippen molar-refractivity contribution in [3.8, 4) is 0 Å². The average molecular weight is 304 g/mol. The molecule has 3 rings (SSSR count). The first-order chi connectivity index (χ1) is 10.7. The minimum absolute atomic E-state index is 0.135. The summed E-state index contributed by atoms with van der Waals surface area (Å²) in [6.45, 7) is 5.60. The lowest BCUT2D eigenvalue weighted by molar-refractivity contribution is 0.164. The molecule has 0 spiro atoms. The maximum absolute atomic E-state index is 13.2. The zero-order valence-corrected chi connectivity index (χ0v) is 13.7. The second kappa shape index (κ2) is 7.56. The summed E-state index contributed by atoms with van der Waals surface area (Å²) in [5, 5.41) is 3.92. The molecule has 2 aliphatic rings. The van der Waals surface area contributed by atoms with Gasteiger partial charge in [-0.15, -0.1) is 0 Å². The van der Waals surface area contributed by atoms with Gasteiger partial charge in [-0.3, -0.25) is 0 Å². The molecule has 122 valence electrons. The van der Waals surface area contributed by atoms with E-state index in [-0.39, 0.29) is 5.82 Å². The van der Waals surface area contributed by atoms with Crippen molar-refractivity contribution in [2.75, 3.05) is 19.6 Å². The van der Waals surface area contributed by atoms with Crippen LogP contribution >= 0.6 is 0 Å². The molecule has 1 aromatic carbocycles. The normalized spacial score (nSPS) is 27.9. The van der Waals surface area contributed by atoms with E-state index >= 15 is 0 Å². The number of benzene rings is 1. The zero-order valence-electron chi connectivity index (χ0n) is 13.7. The van der Waals surface area contributed by atoms with Gasteiger partial charge in [0.15, 0.2) is 0 Å². The van der Waals surface area contributed by atoms with Gasteiger partial charge in [0.05, 0.1) is 0 Å². The molecule has 1 aliphatic carbocycles. The molecular formula is C19H29FN2. The van der Waals surface area contributed by atoms with Crippen molar-refractivity contribution >= 4 is 0 Å². The standard InChI is InChI=1S/C19H29FN2/c1-2-22-13-16(15-8-10-17(20)11-9-15)12-19(14-22)21-18-6-4-3-5-7-18/h8-11,16,18-19,21H,2-7,12-14H2,1H3. The van der Waals surface area contributed by atoms with Crippen LogP contribution in [0, 0.1) is 5.82 Å². The van der Waals surface area contributed by atoms with Crippen molar-refractivity contribution in [3.63, 3.8) is 0 Å². The number of nitrogens with zero attached hydrogens (tertiary/aromatic N) is 1. The summed E-state index contributed by atoms with van der Waals surface area (Å²) in [5.74, 6) is 0.388. The Kier molecular flexibility index (Phi) is 5.48. The highest BCUT2D eigenvalue weighted by Crippen LogP contribution is 2.28. The van der Waals surface area contributed by atoms with Crippen LogP contribution in [-0.4, -0.2) is 36.6 Å². The van der Waals surface area contributed by atoms with Crippen molar-refractivity contribution < 1.29 is 4.39 Å². The molecule has 1 saturated heterocycles. The number of rotatable bonds is 4. The molecule has 2 fully saturated rings. The van der Waals surface area contributed by atoms with Gasteiger partial charge in [-0.2, -0.15) is 0 Å². The van der Waals surface area contributed by atoms with Crippen molar-refractivity contribution in [2.45, 2.75) is 63.5 Å². The number of hydrogen-bond donors (Lipinski definition) is 1. The minimum Gasteiger partial charge on any atom is -0.310 e. The highest BCUT2D eigenvalue weighted by Gasteiger charge is 2.29. The van der Waals surface area contributed by atoms with Gasteiger partial charge in [-0.1, -0.05) is 38.3 Å². The Labute approximate surface area is 134 Å². The van der Waals surface area contributed by atoms with E-state index in [1.807, 2.05) is 12.1 Å². The van der Waals surface area contributed by atoms with Crippen molar-refractivity contribution in [1.82, 2.24) is 10.2 Å². The minimum atomic E-state index is -0.135. The maximum atomic E-state index is 13.2. The molecule has 22 heavy (non-hydrogen) atoms. The predicted octanol–water partition coefficient (Wildman–Crippen LogP) is 3.93. The third-order valence-corrected chi connectivity index (χ3v) is 5.39. The van der Waals surface area contributed by atoms with Crippen molar-refractivity contribution in [3.05, 3.63) is 35.6 Å². The van der Waals surface area contributed by atoms with Crippen LogP contribution in [0.1, 0.15) is 56.9 Å². The molecular weight excluding hydrogens is 275 g/mol. The maximum Gasteiger partial charge on any atom is 0.123 e. The SMILES string of the molecule is CCN1CC(NC2CCCCC2)CC(c2ccc(F)cc2)C1. The molecule has 0 amide bonds. The lowest BCUT2D eigenvalue weighted by Gasteiger charge is -2.40. The van der Waals surface area contributed by atoms with Gasteiger partial charge >= 0.3 is 0 Å². The summed E-state index contributed by atoms with van der Waals surface area (Å²) < 4.78 is 13.2. The molecule has 3 heteroatoms. The summed E-state index contributed by atoms with van der Waals surface area (Å²) in [6.07, 6.45) is 8.01. The molecule has 1 heterocycles. The molecule has 1 aliphatic heterocycles. The van der Waals surface area contributed by atoms with Gasteiger partial charge in [0, 0.05) is 25.2 Å². The summed E-state index contributed by atoms with van der Waals surface area (Å²) in [7, 11) is 0. The number of hydrogen-bond acceptors (Lipinski definition) is 2. The monoisotopic (exact) mass is 304 g/mol. The Bertz CT molecular complexity index is 453. The lowest BCUT2D eigenvalue weighted by Crippen LogP contribution is -2.51. The second-order valence-corrected chi connectivity index (χ2v) is 7.03. The third kappa shape index (κ3) is 4.08. The summed E-state index contributed by atoms with van der Waals surface area (Å²) in [6, 6.07) is 8.43. The van der Waals surface area contributed by atoms with Crippen LogP contribution in [0.4, 0.5) is 4.39 Å². The Morgan fingerprint density at radius 2 is 1.77 bits per heavy atom. The molecule has 2 atom stereocenters. The van der Waals surface area contributed by atoms with E-state index < -0.39 is 0 Å². The number of halogens is 1. The van der Waals surface area contributed by atoms with Crippen molar-refractivity contribution in [1.29, 1.82) is 0 Å². The van der Waals surface area contributed by atoms with Gasteiger partial charge in [0.2, 0.25) is 0 Å². The van der Waals surface area contributed by atoms with Crippen LogP contribution in [0.2, 0.25) is 0 Å². The molecule has 2 unspecified atom stereocenters. The van der Waals surface area contributed by atoms with E-state index in [2.05, 4.69) is 17.1 Å². The predicted molar refractivity (Wildman–Crippen MR) is 89.7 cm³/mol. The van der Waals surface area contributed by atoms with Crippen LogP contribution in [0.15, 0.2) is 24.3 Å². The summed E-state index contributed by atoms with van der Waals surface area (Å²) in [5.41, 5.74) is 1.29. The fraction of sp³-hybridized carbons (Fsp3) is 0.684. The van der Waals surface area contributed by atoms with E-state index in [1.165, 1.54) is 44.1 Å². The van der Waals surface area contributed by atoms with E-state index in [9.17, 15) is 4.39 Å². The first-order valence-electron chi connectivity index (χ1n) is 8.98. The van der Waals surface area contributed by atoms with Gasteiger partial charge in [-0.05, 0) is 49.4 Å². The lowest BCUT2D eigenvalue weighted by atomic mass is 9.86. The number of nitrogens with one attached hydrogen (secondary N) is 1. The van der Waals surface area contributed by atoms with Crippen LogP contribution in [0.3, 0.4) is 0 Å². The Balaban J connectivity index is 1.65. The van der Waals surface area contributed by atoms with Gasteiger partial charge in [0.1, 0.15) is 5.82 Å². The number of piperidine rings is 1. The van der Waals surface area contributed by atoms with E-state index in [1.54, 1.807) is 12.1 Å². The van der Waals surface area contributed by atoms with Crippen LogP contribution in [0.25, 0.3) is 0 Å². The Hall–Kier alpha value is -0.930. The fourth-order valence-corrected chi connectivity index (χ4v) is 4.15. The molecule has 0 aromatic heterocycles. The average Bonchev–Trinajstić information content (AvgIpc) is 2.56. The van der Waals surface area contributed by atoms with E-state index in [4.69, 9.17) is 0 Å². The van der Waals surface area contributed by atoms with E-state index in [0.29, 0.717) is 18.0 Å². The highest BCUT2D eigenvalue weighted by atomic mass is 19.1. The van der Waals surface area contributed by atoms with Crippen LogP contribution < -0.4 is 5.32 Å². The van der Waals surface area contributed by atoms with Crippen molar-refractivity contribution in [2.24, 2.45) is 0 Å². The number of likely N-dealkylation sites (N-methyl/N-ethyl adjacent to an activating group) is 1. The third-order valence-electron chi connectivity index (χ3n) is 5.39. The highest BCUT2D eigenvalue weighted by molar-refractivity contribution is 5.22. The number of likely N-dealkylation sites (tertiary alicyclic amines) is 1. The largest absolute Gasteiger partial charge is 0.310 e. The quantitative estimate of drug-likeness (QED) is 0.907.